The standard InChI is InChI=1S/C20H25N3O4/c1-3-21-20(23-12-15-5-6-17(25-2)16(24)10-15)22-9-8-14-4-7-18-19(11-14)27-13-26-18/h4-7,10-11,24H,3,8-9,12-13H2,1-2H3,(H2,21,22,23). The fraction of sp³-hybridized carbons (Fsp3) is 0.350. The summed E-state index contributed by atoms with van der Waals surface area (Å²) in [4.78, 5) is 4.57. The monoisotopic (exact) mass is 371 g/mol. The number of guanidine groups is 1. The predicted molar refractivity (Wildman–Crippen MR) is 104 cm³/mol. The van der Waals surface area contributed by atoms with E-state index in [0.29, 0.717) is 12.3 Å². The lowest BCUT2D eigenvalue weighted by Gasteiger charge is -2.12. The molecule has 0 atom stereocenters. The van der Waals surface area contributed by atoms with Crippen molar-refractivity contribution in [2.24, 2.45) is 4.99 Å². The lowest BCUT2D eigenvalue weighted by molar-refractivity contribution is 0.174. The molecule has 0 spiro atoms. The molecule has 0 radical (unpaired) electrons. The summed E-state index contributed by atoms with van der Waals surface area (Å²) in [6.07, 6.45) is 0.838. The van der Waals surface area contributed by atoms with Gasteiger partial charge in [0.15, 0.2) is 29.0 Å². The topological polar surface area (TPSA) is 84.3 Å². The largest absolute Gasteiger partial charge is 0.504 e. The van der Waals surface area contributed by atoms with Crippen molar-refractivity contribution in [3.8, 4) is 23.0 Å². The van der Waals surface area contributed by atoms with Gasteiger partial charge in [-0.15, -0.1) is 0 Å². The minimum absolute atomic E-state index is 0.117. The van der Waals surface area contributed by atoms with Crippen LogP contribution in [-0.4, -0.2) is 38.1 Å². The van der Waals surface area contributed by atoms with E-state index in [1.807, 2.05) is 31.2 Å². The highest BCUT2D eigenvalue weighted by Crippen LogP contribution is 2.32. The van der Waals surface area contributed by atoms with E-state index in [-0.39, 0.29) is 12.5 Å². The number of hydrogen-bond donors (Lipinski definition) is 3. The van der Waals surface area contributed by atoms with E-state index in [9.17, 15) is 5.11 Å². The number of methoxy groups -OCH3 is 1. The van der Waals surface area contributed by atoms with E-state index in [0.717, 1.165) is 42.5 Å². The first-order valence-electron chi connectivity index (χ1n) is 8.96. The van der Waals surface area contributed by atoms with E-state index in [1.54, 1.807) is 12.1 Å². The van der Waals surface area contributed by atoms with Gasteiger partial charge in [-0.3, -0.25) is 0 Å². The molecule has 0 amide bonds. The van der Waals surface area contributed by atoms with Crippen LogP contribution in [-0.2, 0) is 13.0 Å². The van der Waals surface area contributed by atoms with E-state index in [2.05, 4.69) is 15.6 Å². The number of phenols is 1. The van der Waals surface area contributed by atoms with Crippen LogP contribution in [0, 0.1) is 0 Å². The Morgan fingerprint density at radius 2 is 1.93 bits per heavy atom. The van der Waals surface area contributed by atoms with Crippen molar-refractivity contribution in [2.75, 3.05) is 27.0 Å². The van der Waals surface area contributed by atoms with Gasteiger partial charge in [-0.25, -0.2) is 4.99 Å². The van der Waals surface area contributed by atoms with Gasteiger partial charge in [-0.1, -0.05) is 12.1 Å². The van der Waals surface area contributed by atoms with Crippen LogP contribution in [0.1, 0.15) is 18.1 Å². The molecule has 27 heavy (non-hydrogen) atoms. The fourth-order valence-corrected chi connectivity index (χ4v) is 2.77. The molecule has 2 aromatic carbocycles. The number of phenolic OH excluding ortho intramolecular Hbond substituents is 1. The molecule has 0 aromatic heterocycles. The van der Waals surface area contributed by atoms with Gasteiger partial charge in [0.1, 0.15) is 0 Å². The van der Waals surface area contributed by atoms with Crippen LogP contribution >= 0.6 is 0 Å². The van der Waals surface area contributed by atoms with Crippen molar-refractivity contribution in [1.29, 1.82) is 0 Å². The predicted octanol–water partition coefficient (Wildman–Crippen LogP) is 2.43. The molecule has 2 aromatic rings. The number of aliphatic imine (C=N–C) groups is 1. The molecule has 3 N–H and O–H groups in total. The van der Waals surface area contributed by atoms with Gasteiger partial charge in [-0.05, 0) is 48.7 Å². The van der Waals surface area contributed by atoms with Crippen molar-refractivity contribution in [3.63, 3.8) is 0 Å². The second-order valence-corrected chi connectivity index (χ2v) is 6.07. The van der Waals surface area contributed by atoms with Crippen molar-refractivity contribution in [2.45, 2.75) is 19.9 Å². The third-order valence-corrected chi connectivity index (χ3v) is 4.15. The zero-order chi connectivity index (χ0) is 19.1. The summed E-state index contributed by atoms with van der Waals surface area (Å²) in [6, 6.07) is 11.3. The zero-order valence-electron chi connectivity index (χ0n) is 15.6. The Bertz CT molecular complexity index is 808. The highest BCUT2D eigenvalue weighted by atomic mass is 16.7. The Morgan fingerprint density at radius 1 is 1.11 bits per heavy atom. The molecule has 3 rings (SSSR count). The Hall–Kier alpha value is -3.09. The average Bonchev–Trinajstić information content (AvgIpc) is 3.14. The smallest absolute Gasteiger partial charge is 0.231 e. The number of nitrogens with one attached hydrogen (secondary N) is 2. The first kappa shape index (κ1) is 18.7. The van der Waals surface area contributed by atoms with E-state index < -0.39 is 0 Å². The molecule has 0 saturated carbocycles. The number of fused-ring (bicyclic) bond motifs is 1. The summed E-state index contributed by atoms with van der Waals surface area (Å²) in [7, 11) is 1.53. The molecule has 7 nitrogen and oxygen atoms in total. The van der Waals surface area contributed by atoms with Gasteiger partial charge in [0, 0.05) is 13.1 Å². The highest BCUT2D eigenvalue weighted by Gasteiger charge is 2.13. The van der Waals surface area contributed by atoms with Gasteiger partial charge in [-0.2, -0.15) is 0 Å². The second kappa shape index (κ2) is 9.02. The number of benzene rings is 2. The van der Waals surface area contributed by atoms with Crippen LogP contribution in [0.25, 0.3) is 0 Å². The van der Waals surface area contributed by atoms with E-state index in [1.165, 1.54) is 12.7 Å². The lowest BCUT2D eigenvalue weighted by atomic mass is 10.1. The third kappa shape index (κ3) is 4.97. The first-order chi connectivity index (χ1) is 13.2. The van der Waals surface area contributed by atoms with Crippen molar-refractivity contribution < 1.29 is 19.3 Å². The molecule has 0 unspecified atom stereocenters. The van der Waals surface area contributed by atoms with Gasteiger partial charge >= 0.3 is 0 Å². The summed E-state index contributed by atoms with van der Waals surface area (Å²) in [5.74, 6) is 2.90. The molecule has 0 bridgehead atoms. The van der Waals surface area contributed by atoms with Crippen LogP contribution in [0.5, 0.6) is 23.0 Å². The number of hydrogen-bond acceptors (Lipinski definition) is 5. The molecule has 0 fully saturated rings. The first-order valence-corrected chi connectivity index (χ1v) is 8.96. The quantitative estimate of drug-likeness (QED) is 0.512. The minimum Gasteiger partial charge on any atom is -0.504 e. The number of aromatic hydroxyl groups is 1. The molecular weight excluding hydrogens is 346 g/mol. The molecule has 0 aliphatic carbocycles. The zero-order valence-corrected chi connectivity index (χ0v) is 15.6. The van der Waals surface area contributed by atoms with Gasteiger partial charge in [0.2, 0.25) is 6.79 Å². The summed E-state index contributed by atoms with van der Waals surface area (Å²) >= 11 is 0. The number of nitrogens with zero attached hydrogens (tertiary/aromatic N) is 1. The summed E-state index contributed by atoms with van der Waals surface area (Å²) in [6.45, 7) is 4.27. The number of rotatable bonds is 7. The maximum Gasteiger partial charge on any atom is 0.231 e. The van der Waals surface area contributed by atoms with Gasteiger partial charge in [0.25, 0.3) is 0 Å². The Kier molecular flexibility index (Phi) is 6.25. The lowest BCUT2D eigenvalue weighted by Crippen LogP contribution is -2.38. The summed E-state index contributed by atoms with van der Waals surface area (Å²) in [5, 5.41) is 16.4. The maximum absolute atomic E-state index is 9.87. The summed E-state index contributed by atoms with van der Waals surface area (Å²) in [5.41, 5.74) is 2.07. The molecule has 144 valence electrons. The highest BCUT2D eigenvalue weighted by molar-refractivity contribution is 5.79. The van der Waals surface area contributed by atoms with Crippen molar-refractivity contribution >= 4 is 5.96 Å². The Morgan fingerprint density at radius 3 is 2.70 bits per heavy atom. The van der Waals surface area contributed by atoms with Gasteiger partial charge < -0.3 is 30.0 Å². The van der Waals surface area contributed by atoms with Crippen LogP contribution in [0.2, 0.25) is 0 Å². The average molecular weight is 371 g/mol. The molecule has 1 aliphatic rings. The third-order valence-electron chi connectivity index (χ3n) is 4.15. The minimum atomic E-state index is 0.117. The van der Waals surface area contributed by atoms with Crippen molar-refractivity contribution in [1.82, 2.24) is 10.6 Å². The number of ether oxygens (including phenoxy) is 3. The Balaban J connectivity index is 1.55. The van der Waals surface area contributed by atoms with Crippen molar-refractivity contribution in [3.05, 3.63) is 47.5 Å². The van der Waals surface area contributed by atoms with Gasteiger partial charge in [0.05, 0.1) is 13.7 Å². The molecule has 1 aliphatic heterocycles. The van der Waals surface area contributed by atoms with Crippen LogP contribution < -0.4 is 24.8 Å². The van der Waals surface area contributed by atoms with Crippen LogP contribution in [0.15, 0.2) is 41.4 Å². The Labute approximate surface area is 159 Å². The second-order valence-electron chi connectivity index (χ2n) is 6.07. The SMILES string of the molecule is CCNC(=NCc1ccc(OC)c(O)c1)NCCc1ccc2c(c1)OCO2. The van der Waals surface area contributed by atoms with Crippen LogP contribution in [0.4, 0.5) is 0 Å². The maximum atomic E-state index is 9.87. The molecule has 7 heteroatoms. The fourth-order valence-electron chi connectivity index (χ4n) is 2.77. The van der Waals surface area contributed by atoms with E-state index >= 15 is 0 Å². The summed E-state index contributed by atoms with van der Waals surface area (Å²) < 4.78 is 15.8. The molecular formula is C20H25N3O4. The molecule has 0 saturated heterocycles. The van der Waals surface area contributed by atoms with Crippen LogP contribution in [0.3, 0.4) is 0 Å². The normalized spacial score (nSPS) is 12.7. The molecule has 1 heterocycles. The van der Waals surface area contributed by atoms with E-state index in [4.69, 9.17) is 14.2 Å².